The van der Waals surface area contributed by atoms with Gasteiger partial charge in [0.1, 0.15) is 5.82 Å². The van der Waals surface area contributed by atoms with Crippen molar-refractivity contribution in [3.63, 3.8) is 0 Å². The first-order valence-electron chi connectivity index (χ1n) is 7.60. The molecule has 0 amide bonds. The van der Waals surface area contributed by atoms with Crippen LogP contribution in [-0.2, 0) is 0 Å². The van der Waals surface area contributed by atoms with Gasteiger partial charge in [0.2, 0.25) is 0 Å². The lowest BCUT2D eigenvalue weighted by molar-refractivity contribution is 0.454. The normalized spacial score (nSPS) is 14.0. The van der Waals surface area contributed by atoms with E-state index in [2.05, 4.69) is 50.4 Å². The van der Waals surface area contributed by atoms with Gasteiger partial charge in [-0.2, -0.15) is 0 Å². The van der Waals surface area contributed by atoms with E-state index < -0.39 is 0 Å². The molecule has 0 aliphatic rings. The Morgan fingerprint density at radius 3 is 2.19 bits per heavy atom. The molecule has 1 nitrogen and oxygen atoms in total. The molecule has 0 bridgehead atoms. The highest BCUT2D eigenvalue weighted by Crippen LogP contribution is 2.23. The summed E-state index contributed by atoms with van der Waals surface area (Å²) in [4.78, 5) is 0. The van der Waals surface area contributed by atoms with Crippen molar-refractivity contribution < 1.29 is 4.39 Å². The third-order valence-corrected chi connectivity index (χ3v) is 4.04. The van der Waals surface area contributed by atoms with Crippen molar-refractivity contribution in [2.75, 3.05) is 0 Å². The van der Waals surface area contributed by atoms with Crippen LogP contribution in [0.15, 0.2) is 42.5 Å². The van der Waals surface area contributed by atoms with Gasteiger partial charge in [-0.1, -0.05) is 48.9 Å². The van der Waals surface area contributed by atoms with Crippen molar-refractivity contribution in [1.29, 1.82) is 0 Å². The van der Waals surface area contributed by atoms with Crippen molar-refractivity contribution in [1.82, 2.24) is 5.32 Å². The van der Waals surface area contributed by atoms with Gasteiger partial charge in [0.25, 0.3) is 0 Å². The zero-order valence-electron chi connectivity index (χ0n) is 13.3. The molecule has 2 aromatic rings. The molecule has 0 heterocycles. The van der Waals surface area contributed by atoms with Crippen LogP contribution < -0.4 is 5.32 Å². The van der Waals surface area contributed by atoms with Crippen molar-refractivity contribution in [2.45, 2.75) is 46.2 Å². The second kappa shape index (κ2) is 6.86. The van der Waals surface area contributed by atoms with E-state index in [0.717, 1.165) is 12.0 Å². The van der Waals surface area contributed by atoms with Gasteiger partial charge in [0.15, 0.2) is 0 Å². The minimum Gasteiger partial charge on any atom is -0.303 e. The quantitative estimate of drug-likeness (QED) is 0.791. The Balaban J connectivity index is 2.13. The molecule has 1 N–H and O–H groups in total. The Bertz CT molecular complexity index is 589. The van der Waals surface area contributed by atoms with Crippen molar-refractivity contribution >= 4 is 0 Å². The second-order valence-electron chi connectivity index (χ2n) is 5.77. The van der Waals surface area contributed by atoms with E-state index in [1.54, 1.807) is 13.0 Å². The van der Waals surface area contributed by atoms with E-state index in [0.29, 0.717) is 5.56 Å². The van der Waals surface area contributed by atoms with Gasteiger partial charge < -0.3 is 5.32 Å². The Kier molecular flexibility index (Phi) is 5.13. The molecular weight excluding hydrogens is 261 g/mol. The SMILES string of the molecule is CCC(NC(C)c1ccc(C)c(F)c1)c1ccc(C)cc1. The van der Waals surface area contributed by atoms with Gasteiger partial charge in [0.05, 0.1) is 0 Å². The summed E-state index contributed by atoms with van der Waals surface area (Å²) in [7, 11) is 0. The molecule has 0 saturated heterocycles. The van der Waals surface area contributed by atoms with Gasteiger partial charge in [-0.15, -0.1) is 0 Å². The highest BCUT2D eigenvalue weighted by molar-refractivity contribution is 5.27. The molecule has 21 heavy (non-hydrogen) atoms. The molecule has 2 aromatic carbocycles. The van der Waals surface area contributed by atoms with Gasteiger partial charge in [0, 0.05) is 12.1 Å². The molecule has 0 aliphatic heterocycles. The maximum Gasteiger partial charge on any atom is 0.126 e. The lowest BCUT2D eigenvalue weighted by Crippen LogP contribution is -2.24. The summed E-state index contributed by atoms with van der Waals surface area (Å²) in [6, 6.07) is 14.5. The van der Waals surface area contributed by atoms with Crippen LogP contribution in [0.5, 0.6) is 0 Å². The largest absolute Gasteiger partial charge is 0.303 e. The molecule has 0 aromatic heterocycles. The number of aryl methyl sites for hydroxylation is 2. The van der Waals surface area contributed by atoms with Crippen LogP contribution in [0.4, 0.5) is 4.39 Å². The fraction of sp³-hybridized carbons (Fsp3) is 0.368. The minimum absolute atomic E-state index is 0.117. The van der Waals surface area contributed by atoms with Crippen LogP contribution >= 0.6 is 0 Å². The summed E-state index contributed by atoms with van der Waals surface area (Å²) in [6.07, 6.45) is 1.00. The molecule has 0 aliphatic carbocycles. The molecule has 0 saturated carbocycles. The lowest BCUT2D eigenvalue weighted by atomic mass is 10.00. The third-order valence-electron chi connectivity index (χ3n) is 4.04. The summed E-state index contributed by atoms with van der Waals surface area (Å²) in [5.41, 5.74) is 4.23. The van der Waals surface area contributed by atoms with Crippen molar-refractivity contribution in [3.05, 3.63) is 70.5 Å². The summed E-state index contributed by atoms with van der Waals surface area (Å²) >= 11 is 0. The van der Waals surface area contributed by atoms with Crippen molar-refractivity contribution in [3.8, 4) is 0 Å². The molecule has 0 spiro atoms. The van der Waals surface area contributed by atoms with E-state index in [4.69, 9.17) is 0 Å². The molecule has 2 rings (SSSR count). The topological polar surface area (TPSA) is 12.0 Å². The minimum atomic E-state index is -0.135. The van der Waals surface area contributed by atoms with E-state index in [1.807, 2.05) is 12.1 Å². The molecule has 2 atom stereocenters. The molecule has 2 unspecified atom stereocenters. The number of benzene rings is 2. The molecule has 0 fully saturated rings. The zero-order valence-corrected chi connectivity index (χ0v) is 13.3. The Hall–Kier alpha value is -1.67. The van der Waals surface area contributed by atoms with Crippen LogP contribution in [0.3, 0.4) is 0 Å². The summed E-state index contributed by atoms with van der Waals surface area (Å²) in [5.74, 6) is -0.135. The molecule has 2 heteroatoms. The maximum atomic E-state index is 13.7. The standard InChI is InChI=1S/C19H24FN/c1-5-19(16-9-6-13(2)7-10-16)21-15(4)17-11-8-14(3)18(20)12-17/h6-12,15,19,21H,5H2,1-4H3. The predicted octanol–water partition coefficient (Wildman–Crippen LogP) is 5.24. The van der Waals surface area contributed by atoms with Crippen molar-refractivity contribution in [2.24, 2.45) is 0 Å². The first-order valence-corrected chi connectivity index (χ1v) is 7.60. The second-order valence-corrected chi connectivity index (χ2v) is 5.77. The molecular formula is C19H24FN. The number of hydrogen-bond donors (Lipinski definition) is 1. The number of rotatable bonds is 5. The molecule has 0 radical (unpaired) electrons. The Morgan fingerprint density at radius 2 is 1.62 bits per heavy atom. The average molecular weight is 285 g/mol. The van der Waals surface area contributed by atoms with Gasteiger partial charge in [-0.05, 0) is 49.9 Å². The first-order chi connectivity index (χ1) is 10.0. The molecule has 112 valence electrons. The number of hydrogen-bond acceptors (Lipinski definition) is 1. The maximum absolute atomic E-state index is 13.7. The van der Waals surface area contributed by atoms with Crippen LogP contribution in [-0.4, -0.2) is 0 Å². The van der Waals surface area contributed by atoms with Crippen LogP contribution in [0.2, 0.25) is 0 Å². The van der Waals surface area contributed by atoms with Gasteiger partial charge in [-0.3, -0.25) is 0 Å². The van der Waals surface area contributed by atoms with Gasteiger partial charge in [-0.25, -0.2) is 4.39 Å². The van der Waals surface area contributed by atoms with Crippen LogP contribution in [0.1, 0.15) is 54.6 Å². The number of nitrogens with one attached hydrogen (secondary N) is 1. The summed E-state index contributed by atoms with van der Waals surface area (Å²) < 4.78 is 13.7. The fourth-order valence-electron chi connectivity index (χ4n) is 2.52. The lowest BCUT2D eigenvalue weighted by Gasteiger charge is -2.23. The third kappa shape index (κ3) is 3.92. The van der Waals surface area contributed by atoms with E-state index in [9.17, 15) is 4.39 Å². The van der Waals surface area contributed by atoms with Gasteiger partial charge >= 0.3 is 0 Å². The average Bonchev–Trinajstić information content (AvgIpc) is 2.48. The van der Waals surface area contributed by atoms with E-state index in [1.165, 1.54) is 11.1 Å². The number of halogens is 1. The monoisotopic (exact) mass is 285 g/mol. The van der Waals surface area contributed by atoms with E-state index >= 15 is 0 Å². The summed E-state index contributed by atoms with van der Waals surface area (Å²) in [5, 5.41) is 3.60. The smallest absolute Gasteiger partial charge is 0.126 e. The Morgan fingerprint density at radius 1 is 1.00 bits per heavy atom. The highest BCUT2D eigenvalue weighted by Gasteiger charge is 2.14. The van der Waals surface area contributed by atoms with Crippen LogP contribution in [0, 0.1) is 19.7 Å². The predicted molar refractivity (Wildman–Crippen MR) is 86.9 cm³/mol. The first kappa shape index (κ1) is 15.7. The highest BCUT2D eigenvalue weighted by atomic mass is 19.1. The summed E-state index contributed by atoms with van der Waals surface area (Å²) in [6.45, 7) is 8.13. The fourth-order valence-corrected chi connectivity index (χ4v) is 2.52. The zero-order chi connectivity index (χ0) is 15.4. The van der Waals surface area contributed by atoms with Crippen LogP contribution in [0.25, 0.3) is 0 Å². The Labute approximate surface area is 127 Å². The van der Waals surface area contributed by atoms with E-state index in [-0.39, 0.29) is 17.9 Å².